The second kappa shape index (κ2) is 10.1. The van der Waals surface area contributed by atoms with Crippen molar-refractivity contribution in [3.63, 3.8) is 0 Å². The fourth-order valence-corrected chi connectivity index (χ4v) is 4.94. The van der Waals surface area contributed by atoms with Crippen LogP contribution >= 0.6 is 0 Å². The van der Waals surface area contributed by atoms with E-state index in [0.717, 1.165) is 48.0 Å². The van der Waals surface area contributed by atoms with Crippen LogP contribution in [0.3, 0.4) is 0 Å². The van der Waals surface area contributed by atoms with Crippen LogP contribution < -0.4 is 15.5 Å². The van der Waals surface area contributed by atoms with Gasteiger partial charge in [-0.1, -0.05) is 75.1 Å². The van der Waals surface area contributed by atoms with E-state index < -0.39 is 0 Å². The Bertz CT molecular complexity index is 1200. The van der Waals surface area contributed by atoms with Gasteiger partial charge in [-0.15, -0.1) is 0 Å². The predicted octanol–water partition coefficient (Wildman–Crippen LogP) is 4.98. The molecule has 3 heteroatoms. The van der Waals surface area contributed by atoms with Gasteiger partial charge in [0.15, 0.2) is 0 Å². The molecule has 3 aromatic rings. The highest BCUT2D eigenvalue weighted by Crippen LogP contribution is 2.26. The van der Waals surface area contributed by atoms with Crippen LogP contribution in [0.15, 0.2) is 60.7 Å². The molecule has 1 aliphatic rings. The van der Waals surface area contributed by atoms with E-state index in [1.807, 2.05) is 6.92 Å². The lowest BCUT2D eigenvalue weighted by atomic mass is 10.0. The molecule has 1 aliphatic heterocycles. The zero-order chi connectivity index (χ0) is 22.5. The first-order valence-electron chi connectivity index (χ1n) is 12.0. The van der Waals surface area contributed by atoms with Gasteiger partial charge in [0.1, 0.15) is 0 Å². The smallest absolute Gasteiger partial charge is 0.0730 e. The van der Waals surface area contributed by atoms with Gasteiger partial charge in [-0.2, -0.15) is 0 Å². The number of nitrogens with zero attached hydrogens (tertiary/aromatic N) is 3. The molecule has 0 amide bonds. The van der Waals surface area contributed by atoms with Gasteiger partial charge in [0.25, 0.3) is 0 Å². The third-order valence-electron chi connectivity index (χ3n) is 6.75. The maximum Gasteiger partial charge on any atom is 0.0730 e. The average Bonchev–Trinajstić information content (AvgIpc) is 2.84. The number of hydrogen-bond acceptors (Lipinski definition) is 3. The topological polar surface area (TPSA) is 19.4 Å². The van der Waals surface area contributed by atoms with Crippen molar-refractivity contribution in [1.82, 2.24) is 9.88 Å². The highest BCUT2D eigenvalue weighted by atomic mass is 15.2. The summed E-state index contributed by atoms with van der Waals surface area (Å²) in [7, 11) is 0. The monoisotopic (exact) mass is 425 g/mol. The SMILES string of the molecule is C=c1nc(-c2ccc3ccccc3c2)cc(N2CCC(N(CC)CC)CC2)/c1=C/C=C\C. The van der Waals surface area contributed by atoms with Crippen molar-refractivity contribution in [1.29, 1.82) is 0 Å². The number of benzene rings is 2. The van der Waals surface area contributed by atoms with Crippen molar-refractivity contribution in [3.05, 3.63) is 71.3 Å². The van der Waals surface area contributed by atoms with E-state index >= 15 is 0 Å². The minimum atomic E-state index is 0.685. The Labute approximate surface area is 192 Å². The molecule has 2 heterocycles. The zero-order valence-corrected chi connectivity index (χ0v) is 19.7. The molecule has 0 saturated carbocycles. The number of allylic oxidation sites excluding steroid dienone is 2. The lowest BCUT2D eigenvalue weighted by molar-refractivity contribution is 0.186. The lowest BCUT2D eigenvalue weighted by Gasteiger charge is -2.39. The Hall–Kier alpha value is -2.91. The van der Waals surface area contributed by atoms with Crippen molar-refractivity contribution < 1.29 is 0 Å². The Morgan fingerprint density at radius 3 is 2.44 bits per heavy atom. The molecular weight excluding hydrogens is 390 g/mol. The van der Waals surface area contributed by atoms with Crippen molar-refractivity contribution >= 4 is 29.1 Å². The van der Waals surface area contributed by atoms with E-state index in [9.17, 15) is 0 Å². The molecule has 32 heavy (non-hydrogen) atoms. The fourth-order valence-electron chi connectivity index (χ4n) is 4.94. The van der Waals surface area contributed by atoms with Crippen LogP contribution in [0.25, 0.3) is 34.7 Å². The van der Waals surface area contributed by atoms with Crippen LogP contribution in [0.5, 0.6) is 0 Å². The van der Waals surface area contributed by atoms with Crippen LogP contribution in [0.1, 0.15) is 33.6 Å². The van der Waals surface area contributed by atoms with Gasteiger partial charge >= 0.3 is 0 Å². The Balaban J connectivity index is 1.73. The minimum absolute atomic E-state index is 0.685. The van der Waals surface area contributed by atoms with E-state index in [2.05, 4.69) is 97.0 Å². The second-order valence-corrected chi connectivity index (χ2v) is 8.58. The number of rotatable bonds is 6. The fraction of sp³-hybridized carbons (Fsp3) is 0.345. The summed E-state index contributed by atoms with van der Waals surface area (Å²) in [6.45, 7) is 15.3. The molecule has 2 aromatic carbocycles. The molecule has 0 bridgehead atoms. The summed E-state index contributed by atoms with van der Waals surface area (Å²) in [6, 6.07) is 18.0. The molecule has 166 valence electrons. The molecule has 4 rings (SSSR count). The number of anilines is 1. The quantitative estimate of drug-likeness (QED) is 0.555. The first-order chi connectivity index (χ1) is 15.6. The van der Waals surface area contributed by atoms with Gasteiger partial charge in [-0.25, -0.2) is 4.98 Å². The molecule has 0 N–H and O–H groups in total. The first kappa shape index (κ1) is 22.3. The maximum absolute atomic E-state index is 4.92. The number of fused-ring (bicyclic) bond motifs is 1. The summed E-state index contributed by atoms with van der Waals surface area (Å²) in [5.74, 6) is 0. The van der Waals surface area contributed by atoms with Crippen LogP contribution in [0, 0.1) is 0 Å². The number of pyridine rings is 1. The second-order valence-electron chi connectivity index (χ2n) is 8.58. The van der Waals surface area contributed by atoms with Gasteiger partial charge < -0.3 is 9.80 Å². The van der Waals surface area contributed by atoms with E-state index in [4.69, 9.17) is 4.98 Å². The van der Waals surface area contributed by atoms with Crippen LogP contribution in [0.2, 0.25) is 0 Å². The largest absolute Gasteiger partial charge is 0.371 e. The van der Waals surface area contributed by atoms with Crippen LogP contribution in [-0.4, -0.2) is 42.1 Å². The Morgan fingerprint density at radius 1 is 1.03 bits per heavy atom. The molecule has 1 saturated heterocycles. The molecule has 0 aliphatic carbocycles. The summed E-state index contributed by atoms with van der Waals surface area (Å²) < 4.78 is 0. The maximum atomic E-state index is 4.92. The normalized spacial score (nSPS) is 16.0. The summed E-state index contributed by atoms with van der Waals surface area (Å²) in [6.07, 6.45) is 8.71. The zero-order valence-electron chi connectivity index (χ0n) is 19.7. The van der Waals surface area contributed by atoms with Crippen molar-refractivity contribution in [2.75, 3.05) is 31.1 Å². The Kier molecular flexibility index (Phi) is 7.06. The standard InChI is InChI=1S/C29H35N3/c1-5-8-13-27-22(4)30-28(25-15-14-23-11-9-10-12-24(23)20-25)21-29(27)32-18-16-26(17-19-32)31(6-2)7-3/h5,8-15,20-21,26H,4,6-7,16-19H2,1-3H3/b8-5-,27-13+. The number of aromatic nitrogens is 1. The third-order valence-corrected chi connectivity index (χ3v) is 6.75. The lowest BCUT2D eigenvalue weighted by Crippen LogP contribution is -2.47. The molecule has 0 unspecified atom stereocenters. The summed E-state index contributed by atoms with van der Waals surface area (Å²) in [5, 5.41) is 4.47. The molecule has 0 spiro atoms. The number of piperidine rings is 1. The molecular formula is C29H35N3. The molecule has 3 nitrogen and oxygen atoms in total. The molecule has 1 aromatic heterocycles. The van der Waals surface area contributed by atoms with Crippen LogP contribution in [-0.2, 0) is 0 Å². The third kappa shape index (κ3) is 4.63. The molecule has 0 radical (unpaired) electrons. The number of hydrogen-bond donors (Lipinski definition) is 0. The van der Waals surface area contributed by atoms with E-state index in [0.29, 0.717) is 6.04 Å². The summed E-state index contributed by atoms with van der Waals surface area (Å²) in [5.41, 5.74) is 3.40. The van der Waals surface area contributed by atoms with Gasteiger partial charge in [-0.05, 0) is 55.8 Å². The van der Waals surface area contributed by atoms with Gasteiger partial charge in [0.05, 0.1) is 11.0 Å². The van der Waals surface area contributed by atoms with Gasteiger partial charge in [-0.3, -0.25) is 0 Å². The summed E-state index contributed by atoms with van der Waals surface area (Å²) in [4.78, 5) is 10.1. The van der Waals surface area contributed by atoms with E-state index in [1.165, 1.54) is 29.3 Å². The highest BCUT2D eigenvalue weighted by molar-refractivity contribution is 5.87. The van der Waals surface area contributed by atoms with Crippen molar-refractivity contribution in [2.24, 2.45) is 0 Å². The van der Waals surface area contributed by atoms with Crippen LogP contribution in [0.4, 0.5) is 5.69 Å². The van der Waals surface area contributed by atoms with E-state index in [-0.39, 0.29) is 0 Å². The summed E-state index contributed by atoms with van der Waals surface area (Å²) >= 11 is 0. The average molecular weight is 426 g/mol. The van der Waals surface area contributed by atoms with E-state index in [1.54, 1.807) is 0 Å². The molecule has 1 fully saturated rings. The first-order valence-corrected chi connectivity index (χ1v) is 12.0. The molecule has 0 atom stereocenters. The predicted molar refractivity (Wildman–Crippen MR) is 139 cm³/mol. The minimum Gasteiger partial charge on any atom is -0.371 e. The van der Waals surface area contributed by atoms with Gasteiger partial charge in [0, 0.05) is 35.6 Å². The highest BCUT2D eigenvalue weighted by Gasteiger charge is 2.24. The van der Waals surface area contributed by atoms with Crippen molar-refractivity contribution in [3.8, 4) is 11.3 Å². The van der Waals surface area contributed by atoms with Gasteiger partial charge in [0.2, 0.25) is 0 Å². The Morgan fingerprint density at radius 2 is 1.75 bits per heavy atom. The van der Waals surface area contributed by atoms with Crippen molar-refractivity contribution in [2.45, 2.75) is 39.7 Å².